The summed E-state index contributed by atoms with van der Waals surface area (Å²) < 4.78 is 1.88. The molecule has 0 fully saturated rings. The van der Waals surface area contributed by atoms with Crippen LogP contribution < -0.4 is 5.32 Å². The van der Waals surface area contributed by atoms with Crippen LogP contribution in [0.25, 0.3) is 5.69 Å². The number of nitrogens with zero attached hydrogens (tertiary/aromatic N) is 4. The molecule has 0 unspecified atom stereocenters. The van der Waals surface area contributed by atoms with Gasteiger partial charge in [-0.1, -0.05) is 16.4 Å². The van der Waals surface area contributed by atoms with E-state index >= 15 is 0 Å². The molecule has 1 heterocycles. The van der Waals surface area contributed by atoms with Gasteiger partial charge in [-0.2, -0.15) is 5.21 Å². The topological polar surface area (TPSA) is 140 Å². The molecule has 0 saturated heterocycles. The Balaban J connectivity index is 0.000000294. The smallest absolute Gasteiger partial charge is 0.242 e. The summed E-state index contributed by atoms with van der Waals surface area (Å²) in [6.45, 7) is 3.21. The fourth-order valence-electron chi connectivity index (χ4n) is 2.05. The lowest BCUT2D eigenvalue weighted by Crippen LogP contribution is -2.32. The molecule has 0 aliphatic rings. The van der Waals surface area contributed by atoms with Gasteiger partial charge in [-0.05, 0) is 30.4 Å². The van der Waals surface area contributed by atoms with E-state index in [1.807, 2.05) is 12.1 Å². The second kappa shape index (κ2) is 12.2. The van der Waals surface area contributed by atoms with Crippen molar-refractivity contribution in [3.63, 3.8) is 0 Å². The van der Waals surface area contributed by atoms with E-state index in [0.29, 0.717) is 30.1 Å². The number of nitrogens with one attached hydrogen (secondary N) is 2. The Morgan fingerprint density at radius 1 is 1.23 bits per heavy atom. The molecule has 144 valence electrons. The molecular formula is C15H24N6O4S. The number of aromatic amines is 1. The average molecular weight is 384 g/mol. The van der Waals surface area contributed by atoms with Crippen LogP contribution >= 0.6 is 12.2 Å². The summed E-state index contributed by atoms with van der Waals surface area (Å²) in [5.74, 6) is -0.122. The quantitative estimate of drug-likeness (QED) is 0.386. The molecule has 10 nitrogen and oxygen atoms in total. The lowest BCUT2D eigenvalue weighted by atomic mass is 10.3. The van der Waals surface area contributed by atoms with Gasteiger partial charge in [0.25, 0.3) is 0 Å². The molecule has 0 atom stereocenters. The zero-order valence-corrected chi connectivity index (χ0v) is 15.3. The second-order valence-electron chi connectivity index (χ2n) is 5.16. The maximum Gasteiger partial charge on any atom is 0.242 e. The summed E-state index contributed by atoms with van der Waals surface area (Å²) in [7, 11) is 0. The average Bonchev–Trinajstić information content (AvgIpc) is 3.02. The van der Waals surface area contributed by atoms with Gasteiger partial charge in [0, 0.05) is 32.2 Å². The molecule has 2 aromatic rings. The molecular weight excluding hydrogens is 360 g/mol. The molecule has 5 N–H and O–H groups in total. The number of benzene rings is 1. The second-order valence-corrected chi connectivity index (χ2v) is 5.53. The van der Waals surface area contributed by atoms with Crippen LogP contribution in [-0.2, 0) is 4.79 Å². The molecule has 0 spiro atoms. The summed E-state index contributed by atoms with van der Waals surface area (Å²) in [5, 5.41) is 38.0. The van der Waals surface area contributed by atoms with Crippen LogP contribution in [0.15, 0.2) is 24.3 Å². The number of anilines is 1. The summed E-state index contributed by atoms with van der Waals surface area (Å²) in [5.41, 5.74) is 1.46. The maximum absolute atomic E-state index is 10.9. The van der Waals surface area contributed by atoms with E-state index in [1.165, 1.54) is 6.92 Å². The van der Waals surface area contributed by atoms with Crippen LogP contribution in [0.5, 0.6) is 0 Å². The van der Waals surface area contributed by atoms with Crippen molar-refractivity contribution in [1.82, 2.24) is 25.1 Å². The first kappa shape index (κ1) is 21.9. The Labute approximate surface area is 156 Å². The highest BCUT2D eigenvalue weighted by atomic mass is 32.1. The Morgan fingerprint density at radius 3 is 2.31 bits per heavy atom. The first-order chi connectivity index (χ1) is 12.5. The molecule has 0 saturated carbocycles. The minimum absolute atomic E-state index is 0.0694. The number of hydrogen-bond donors (Lipinski definition) is 5. The monoisotopic (exact) mass is 384 g/mol. The van der Waals surface area contributed by atoms with E-state index < -0.39 is 0 Å². The highest BCUT2D eigenvalue weighted by Gasteiger charge is 2.02. The number of amides is 1. The van der Waals surface area contributed by atoms with E-state index in [1.54, 1.807) is 21.7 Å². The number of aliphatic hydroxyl groups excluding tert-OH is 3. The number of rotatable bonds is 8. The lowest BCUT2D eigenvalue weighted by Gasteiger charge is -2.17. The van der Waals surface area contributed by atoms with Crippen molar-refractivity contribution < 1.29 is 20.1 Å². The Morgan fingerprint density at radius 2 is 1.85 bits per heavy atom. The molecule has 1 aromatic heterocycles. The van der Waals surface area contributed by atoms with E-state index in [0.717, 1.165) is 5.69 Å². The molecule has 2 rings (SSSR count). The van der Waals surface area contributed by atoms with Crippen molar-refractivity contribution in [2.45, 2.75) is 6.92 Å². The van der Waals surface area contributed by atoms with Gasteiger partial charge in [0.15, 0.2) is 0 Å². The van der Waals surface area contributed by atoms with Gasteiger partial charge in [0.1, 0.15) is 0 Å². The number of hydrogen-bond acceptors (Lipinski definition) is 8. The largest absolute Gasteiger partial charge is 0.395 e. The number of carbonyl (C=O) groups is 1. The van der Waals surface area contributed by atoms with Gasteiger partial charge in [-0.25, -0.2) is 4.68 Å². The van der Waals surface area contributed by atoms with E-state index in [4.69, 9.17) is 27.5 Å². The third-order valence-corrected chi connectivity index (χ3v) is 3.41. The Kier molecular flexibility index (Phi) is 10.3. The van der Waals surface area contributed by atoms with Gasteiger partial charge < -0.3 is 20.6 Å². The van der Waals surface area contributed by atoms with Gasteiger partial charge in [0.05, 0.1) is 25.5 Å². The van der Waals surface area contributed by atoms with Crippen LogP contribution in [0.2, 0.25) is 0 Å². The van der Waals surface area contributed by atoms with Crippen molar-refractivity contribution in [3.05, 3.63) is 29.0 Å². The fraction of sp³-hybridized carbons (Fsp3) is 0.467. The predicted octanol–water partition coefficient (Wildman–Crippen LogP) is -0.451. The number of tetrazole rings is 1. The first-order valence-corrected chi connectivity index (χ1v) is 8.35. The number of aromatic nitrogens is 4. The van der Waals surface area contributed by atoms with E-state index in [-0.39, 0.29) is 25.7 Å². The number of carbonyl (C=O) groups excluding carboxylic acids is 1. The minimum atomic E-state index is -0.122. The van der Waals surface area contributed by atoms with Gasteiger partial charge in [0.2, 0.25) is 10.7 Å². The summed E-state index contributed by atoms with van der Waals surface area (Å²) in [4.78, 5) is 12.7. The predicted molar refractivity (Wildman–Crippen MR) is 98.5 cm³/mol. The van der Waals surface area contributed by atoms with Crippen molar-refractivity contribution >= 4 is 23.8 Å². The first-order valence-electron chi connectivity index (χ1n) is 7.95. The van der Waals surface area contributed by atoms with Crippen LogP contribution in [0.1, 0.15) is 6.92 Å². The van der Waals surface area contributed by atoms with Crippen molar-refractivity contribution in [2.75, 3.05) is 44.8 Å². The van der Waals surface area contributed by atoms with Crippen molar-refractivity contribution in [3.8, 4) is 5.69 Å². The standard InChI is InChI=1S/C9H9N5OS.C6H15NO3/c1-6(15)10-7-3-2-4-8(5-7)14-9(16)11-12-13-14;8-4-1-7(2-5-9)3-6-10/h2-5H,1H3,(H,10,15)(H,11,13,16);8-10H,1-6H2. The highest BCUT2D eigenvalue weighted by molar-refractivity contribution is 7.71. The SMILES string of the molecule is CC(=O)Nc1cccc(-n2[nH]nnc2=S)c1.OCCN(CCO)CCO. The van der Waals surface area contributed by atoms with Crippen LogP contribution in [0.4, 0.5) is 5.69 Å². The van der Waals surface area contributed by atoms with Gasteiger partial charge in [-0.15, -0.1) is 0 Å². The highest BCUT2D eigenvalue weighted by Crippen LogP contribution is 2.13. The molecule has 1 aromatic carbocycles. The normalized spacial score (nSPS) is 10.3. The van der Waals surface area contributed by atoms with E-state index in [9.17, 15) is 4.79 Å². The maximum atomic E-state index is 10.9. The van der Waals surface area contributed by atoms with Gasteiger partial charge >= 0.3 is 0 Å². The van der Waals surface area contributed by atoms with Crippen molar-refractivity contribution in [2.24, 2.45) is 0 Å². The van der Waals surface area contributed by atoms with Crippen LogP contribution in [0.3, 0.4) is 0 Å². The molecule has 0 aliphatic heterocycles. The number of H-pyrrole nitrogens is 1. The third kappa shape index (κ3) is 7.80. The van der Waals surface area contributed by atoms with E-state index in [2.05, 4.69) is 20.8 Å². The molecule has 0 aliphatic carbocycles. The number of aliphatic hydroxyl groups is 3. The Bertz CT molecular complexity index is 706. The summed E-state index contributed by atoms with van der Waals surface area (Å²) in [6.07, 6.45) is 0. The molecule has 0 radical (unpaired) electrons. The third-order valence-electron chi connectivity index (χ3n) is 3.14. The van der Waals surface area contributed by atoms with Crippen molar-refractivity contribution in [1.29, 1.82) is 0 Å². The van der Waals surface area contributed by atoms with Gasteiger partial charge in [-0.3, -0.25) is 9.69 Å². The lowest BCUT2D eigenvalue weighted by molar-refractivity contribution is -0.114. The summed E-state index contributed by atoms with van der Waals surface area (Å²) in [6, 6.07) is 7.21. The fourth-order valence-corrected chi connectivity index (χ4v) is 2.24. The molecule has 0 bridgehead atoms. The summed E-state index contributed by atoms with van der Waals surface area (Å²) >= 11 is 4.97. The zero-order valence-electron chi connectivity index (χ0n) is 14.5. The minimum Gasteiger partial charge on any atom is -0.395 e. The molecule has 11 heteroatoms. The Hall–Kier alpha value is -2.18. The zero-order chi connectivity index (χ0) is 19.4. The van der Waals surface area contributed by atoms with Crippen LogP contribution in [-0.4, -0.2) is 85.8 Å². The molecule has 26 heavy (non-hydrogen) atoms. The van der Waals surface area contributed by atoms with Crippen LogP contribution in [0, 0.1) is 4.77 Å². The molecule has 1 amide bonds.